The molecule has 6 atom stereocenters. The van der Waals surface area contributed by atoms with Crippen molar-refractivity contribution in [2.45, 2.75) is 158 Å². The summed E-state index contributed by atoms with van der Waals surface area (Å²) < 4.78 is 35.0. The largest absolute Gasteiger partial charge is 0.462 e. The summed E-state index contributed by atoms with van der Waals surface area (Å²) in [5.41, 5.74) is 7.24. The van der Waals surface area contributed by atoms with Crippen molar-refractivity contribution >= 4 is 45.8 Å². The van der Waals surface area contributed by atoms with E-state index >= 15 is 0 Å². The molecule has 2 aliphatic rings. The van der Waals surface area contributed by atoms with Gasteiger partial charge in [-0.05, 0) is 172 Å². The smallest absolute Gasteiger partial charge is 0.334 e. The van der Waals surface area contributed by atoms with E-state index in [2.05, 4.69) is 109 Å². The summed E-state index contributed by atoms with van der Waals surface area (Å²) in [4.78, 5) is 52.3. The number of allylic oxidation sites excluding steroid dienone is 2. The van der Waals surface area contributed by atoms with Crippen LogP contribution in [-0.4, -0.2) is 60.5 Å². The third kappa shape index (κ3) is 18.9. The Balaban J connectivity index is 0.750. The molecule has 0 bridgehead atoms. The number of furan rings is 2. The van der Waals surface area contributed by atoms with E-state index < -0.39 is 42.1 Å². The number of fused-ring (bicyclic) bond motifs is 2. The van der Waals surface area contributed by atoms with Crippen molar-refractivity contribution in [2.75, 3.05) is 19.8 Å². The van der Waals surface area contributed by atoms with Gasteiger partial charge in [0.05, 0.1) is 18.4 Å². The number of carbonyl (C=O) groups excluding carboxylic acids is 4. The van der Waals surface area contributed by atoms with Gasteiger partial charge in [-0.25, -0.2) is 9.59 Å². The van der Waals surface area contributed by atoms with Gasteiger partial charge in [-0.2, -0.15) is 0 Å². The van der Waals surface area contributed by atoms with E-state index in [0.717, 1.165) is 84.4 Å². The number of aryl methyl sites for hydroxylation is 2. The van der Waals surface area contributed by atoms with Crippen molar-refractivity contribution in [3.63, 3.8) is 0 Å². The van der Waals surface area contributed by atoms with Gasteiger partial charge in [-0.3, -0.25) is 9.59 Å². The van der Waals surface area contributed by atoms with Crippen LogP contribution in [0.1, 0.15) is 165 Å². The summed E-state index contributed by atoms with van der Waals surface area (Å²) in [6, 6.07) is 32.1. The van der Waals surface area contributed by atoms with E-state index in [4.69, 9.17) is 27.8 Å². The van der Waals surface area contributed by atoms with Crippen LogP contribution in [0.25, 0.3) is 21.9 Å². The molecule has 2 aliphatic heterocycles. The number of aliphatic hydroxyl groups is 1. The average molecular weight is 1170 g/mol. The van der Waals surface area contributed by atoms with Crippen LogP contribution < -0.4 is 0 Å². The molecule has 2 unspecified atom stereocenters. The normalized spacial score (nSPS) is 18.3. The molecule has 0 aliphatic carbocycles. The SMILES string of the molecule is Cc1ccc(C#Cc2ccc3cc(C[C@@H](C)C(=O)OC[C@@H]4C/C(=C\CC(CC(C)C)CC(C)CCc5ccc(C#Cc6ccc7cc(C[C@H](C)C(=O)OC[C@]8(CO)C/C(=C\CC(CC(C)C)CC(C)C)C(=O)O8)oc7c6)cc5)C(=O)O4)oc3c2)cc1. The number of hydrogen-bond acceptors (Lipinski definition) is 11. The predicted octanol–water partition coefficient (Wildman–Crippen LogP) is 15.4. The fraction of sp³-hybridized carbons (Fsp3) is 0.467. The van der Waals surface area contributed by atoms with Crippen molar-refractivity contribution in [1.82, 2.24) is 0 Å². The Kier molecular flexibility index (Phi) is 22.6. The van der Waals surface area contributed by atoms with Crippen molar-refractivity contribution in [3.8, 4) is 23.7 Å². The molecule has 0 spiro atoms. The Morgan fingerprint density at radius 1 is 0.616 bits per heavy atom. The zero-order valence-corrected chi connectivity index (χ0v) is 52.2. The quantitative estimate of drug-likeness (QED) is 0.0239. The van der Waals surface area contributed by atoms with Gasteiger partial charge in [0.1, 0.15) is 42.0 Å². The number of esters is 4. The Bertz CT molecular complexity index is 3480. The van der Waals surface area contributed by atoms with E-state index in [0.29, 0.717) is 88.6 Å². The second-order valence-corrected chi connectivity index (χ2v) is 26.0. The number of carbonyl (C=O) groups is 4. The average Bonchev–Trinajstić information content (AvgIpc) is 3.19. The fourth-order valence-electron chi connectivity index (χ4n) is 11.9. The molecule has 2 aromatic heterocycles. The first-order chi connectivity index (χ1) is 41.2. The highest BCUT2D eigenvalue weighted by molar-refractivity contribution is 5.92. The second-order valence-electron chi connectivity index (χ2n) is 26.0. The summed E-state index contributed by atoms with van der Waals surface area (Å²) in [5, 5.41) is 12.2. The summed E-state index contributed by atoms with van der Waals surface area (Å²) in [7, 11) is 0. The number of cyclic esters (lactones) is 2. The lowest BCUT2D eigenvalue weighted by Crippen LogP contribution is -2.40. The van der Waals surface area contributed by atoms with Crippen molar-refractivity contribution in [3.05, 3.63) is 165 Å². The highest BCUT2D eigenvalue weighted by Gasteiger charge is 2.45. The molecule has 0 amide bonds. The predicted molar refractivity (Wildman–Crippen MR) is 338 cm³/mol. The first-order valence-corrected chi connectivity index (χ1v) is 31.2. The zero-order chi connectivity index (χ0) is 61.5. The molecule has 11 heteroatoms. The standard InChI is InChI=1S/C75H88O11/c1-48(2)33-60(34-49(3)4)28-32-65-44-75(46-76,86-74(65)80)47-82-72(78)54(10)38-67-42-63-30-26-59(40-70(63)84-67)24-22-57-19-17-56(18-20-57)16-13-52(8)36-61(35-50(5)6)27-31-64-43-68(85-73(64)79)45-81-71(77)53(9)37-66-41-62-29-25-58(39-69(62)83-66)23-21-55-14-11-51(7)12-15-55/h11-12,14-15,17-20,25-26,29-32,39-42,48-50,52-54,60-61,68,76H,13,16,27-28,33-38,43-47H2,1-10H3/b64-31+,65-32+/t52?,53-,54+,61?,68+,75-/m1/s1. The van der Waals surface area contributed by atoms with E-state index in [9.17, 15) is 24.3 Å². The van der Waals surface area contributed by atoms with Gasteiger partial charge < -0.3 is 32.9 Å². The molecule has 4 aromatic carbocycles. The molecular weight excluding hydrogens is 1080 g/mol. The molecule has 4 heterocycles. The highest BCUT2D eigenvalue weighted by atomic mass is 16.6. The molecule has 0 radical (unpaired) electrons. The molecular formula is C75H88O11. The van der Waals surface area contributed by atoms with Gasteiger partial charge in [-0.1, -0.05) is 128 Å². The topological polar surface area (TPSA) is 152 Å². The molecule has 6 aromatic rings. The monoisotopic (exact) mass is 1160 g/mol. The molecule has 11 nitrogen and oxygen atoms in total. The lowest BCUT2D eigenvalue weighted by molar-refractivity contribution is -0.168. The van der Waals surface area contributed by atoms with E-state index in [-0.39, 0.29) is 31.6 Å². The molecule has 454 valence electrons. The number of ether oxygens (including phenoxy) is 4. The van der Waals surface area contributed by atoms with E-state index in [1.165, 1.54) is 11.1 Å². The zero-order valence-electron chi connectivity index (χ0n) is 52.2. The van der Waals surface area contributed by atoms with Gasteiger partial charge in [0.25, 0.3) is 0 Å². The van der Waals surface area contributed by atoms with Crippen LogP contribution >= 0.6 is 0 Å². The number of hydrogen-bond donors (Lipinski definition) is 1. The number of aliphatic hydroxyl groups excluding tert-OH is 1. The van der Waals surface area contributed by atoms with Crippen molar-refractivity contribution in [1.29, 1.82) is 0 Å². The van der Waals surface area contributed by atoms with Crippen LogP contribution in [-0.2, 0) is 57.4 Å². The molecule has 2 fully saturated rings. The van der Waals surface area contributed by atoms with Crippen LogP contribution in [0.2, 0.25) is 0 Å². The van der Waals surface area contributed by atoms with Gasteiger partial charge in [0.15, 0.2) is 5.60 Å². The van der Waals surface area contributed by atoms with Crippen LogP contribution in [0, 0.1) is 77.9 Å². The molecule has 86 heavy (non-hydrogen) atoms. The van der Waals surface area contributed by atoms with Crippen LogP contribution in [0.3, 0.4) is 0 Å². The molecule has 2 saturated heterocycles. The first-order valence-electron chi connectivity index (χ1n) is 31.2. The lowest BCUT2D eigenvalue weighted by Gasteiger charge is -2.25. The number of benzene rings is 4. The third-order valence-corrected chi connectivity index (χ3v) is 16.4. The Morgan fingerprint density at radius 2 is 1.10 bits per heavy atom. The van der Waals surface area contributed by atoms with Gasteiger partial charge in [0.2, 0.25) is 0 Å². The maximum atomic E-state index is 13.2. The van der Waals surface area contributed by atoms with Crippen LogP contribution in [0.5, 0.6) is 0 Å². The number of rotatable bonds is 26. The van der Waals surface area contributed by atoms with Crippen LogP contribution in [0.4, 0.5) is 0 Å². The van der Waals surface area contributed by atoms with Crippen LogP contribution in [0.15, 0.2) is 129 Å². The lowest BCUT2D eigenvalue weighted by atomic mass is 9.84. The van der Waals surface area contributed by atoms with Gasteiger partial charge in [-0.15, -0.1) is 0 Å². The Hall–Kier alpha value is -7.60. The summed E-state index contributed by atoms with van der Waals surface area (Å²) in [5.74, 6) is 14.7. The van der Waals surface area contributed by atoms with Crippen molar-refractivity contribution < 1.29 is 52.1 Å². The highest BCUT2D eigenvalue weighted by Crippen LogP contribution is 2.35. The van der Waals surface area contributed by atoms with Gasteiger partial charge in [0, 0.05) is 69.9 Å². The minimum Gasteiger partial charge on any atom is -0.462 e. The third-order valence-electron chi connectivity index (χ3n) is 16.4. The Morgan fingerprint density at radius 3 is 1.64 bits per heavy atom. The summed E-state index contributed by atoms with van der Waals surface area (Å²) >= 11 is 0. The minimum absolute atomic E-state index is 0.0131. The summed E-state index contributed by atoms with van der Waals surface area (Å²) in [6.45, 7) is 20.6. The summed E-state index contributed by atoms with van der Waals surface area (Å²) in [6.07, 6.45) is 12.6. The Labute approximate surface area is 509 Å². The van der Waals surface area contributed by atoms with E-state index in [1.54, 1.807) is 6.92 Å². The molecule has 8 rings (SSSR count). The molecule has 1 N–H and O–H groups in total. The first kappa shape index (κ1) is 64.4. The van der Waals surface area contributed by atoms with E-state index in [1.807, 2.05) is 85.8 Å². The van der Waals surface area contributed by atoms with Crippen molar-refractivity contribution in [2.24, 2.45) is 47.3 Å². The minimum atomic E-state index is -1.29. The second kappa shape index (κ2) is 30.2. The maximum absolute atomic E-state index is 13.2. The van der Waals surface area contributed by atoms with Gasteiger partial charge >= 0.3 is 23.9 Å². The molecule has 0 saturated carbocycles. The fourth-order valence-corrected chi connectivity index (χ4v) is 11.9. The maximum Gasteiger partial charge on any atom is 0.334 e.